The molecule has 0 atom stereocenters. The van der Waals surface area contributed by atoms with Gasteiger partial charge in [0, 0.05) is 22.3 Å². The zero-order valence-corrected chi connectivity index (χ0v) is 47.7. The molecule has 10 heteroatoms. The summed E-state index contributed by atoms with van der Waals surface area (Å²) in [4.78, 5) is 0. The van der Waals surface area contributed by atoms with Crippen molar-refractivity contribution in [3.05, 3.63) is 188 Å². The van der Waals surface area contributed by atoms with E-state index in [-0.39, 0.29) is 50.5 Å². The fourth-order valence-corrected chi connectivity index (χ4v) is 13.1. The molecule has 4 aliphatic rings. The molecule has 0 spiro atoms. The first-order chi connectivity index (χ1) is 38.6. The van der Waals surface area contributed by atoms with Crippen LogP contribution < -0.4 is 9.47 Å². The van der Waals surface area contributed by atoms with Crippen molar-refractivity contribution >= 4 is 21.5 Å². The van der Waals surface area contributed by atoms with Crippen LogP contribution in [0.1, 0.15) is 148 Å². The van der Waals surface area contributed by atoms with E-state index in [1.54, 1.807) is 0 Å². The largest absolute Gasteiger partial charge is 0.493 e. The molecule has 408 valence electrons. The van der Waals surface area contributed by atoms with Gasteiger partial charge < -0.3 is 28.4 Å². The normalized spacial score (nSPS) is 19.7. The lowest BCUT2D eigenvalue weighted by atomic mass is 9.31. The monoisotopic (exact) mass is 1060 g/mol. The minimum atomic E-state index is -2.31. The van der Waals surface area contributed by atoms with E-state index < -0.39 is 21.7 Å². The smallest absolute Gasteiger partial charge is 0.192 e. The van der Waals surface area contributed by atoms with Crippen LogP contribution in [-0.2, 0) is 80.2 Å². The van der Waals surface area contributed by atoms with Crippen molar-refractivity contribution in [3.8, 4) is 35.8 Å². The zero-order valence-electron chi connectivity index (χ0n) is 47.7. The Kier molecular flexibility index (Phi) is 15.5. The topological polar surface area (TPSA) is 151 Å². The van der Waals surface area contributed by atoms with Gasteiger partial charge in [-0.3, -0.25) is 0 Å². The quantitative estimate of drug-likeness (QED) is 0.106. The van der Waals surface area contributed by atoms with Crippen molar-refractivity contribution < 1.29 is 28.4 Å². The average Bonchev–Trinajstić information content (AvgIpc) is 0.692. The molecule has 0 aromatic heterocycles. The van der Waals surface area contributed by atoms with Crippen LogP contribution in [0.2, 0.25) is 0 Å². The molecule has 7 aromatic carbocycles. The van der Waals surface area contributed by atoms with Gasteiger partial charge in [-0.1, -0.05) is 165 Å². The van der Waals surface area contributed by atoms with Crippen molar-refractivity contribution in [3.63, 3.8) is 0 Å². The third-order valence-corrected chi connectivity index (χ3v) is 17.2. The van der Waals surface area contributed by atoms with Gasteiger partial charge in [0.15, 0.2) is 10.8 Å². The Morgan fingerprint density at radius 2 is 0.713 bits per heavy atom. The molecule has 3 aliphatic carbocycles. The maximum atomic E-state index is 11.9. The molecule has 0 saturated carbocycles. The van der Waals surface area contributed by atoms with Crippen LogP contribution >= 0.6 is 0 Å². The van der Waals surface area contributed by atoms with Gasteiger partial charge in [-0.15, -0.1) is 0 Å². The van der Waals surface area contributed by atoms with Gasteiger partial charge in [-0.05, 0) is 114 Å². The zero-order chi connectivity index (χ0) is 56.5. The molecule has 0 unspecified atom stereocenters. The Bertz CT molecular complexity index is 3300. The number of hydrogen-bond acceptors (Lipinski definition) is 10. The number of unbranched alkanes of at least 4 members (excludes halogenated alkanes) is 2. The third kappa shape index (κ3) is 8.90. The first-order valence-corrected chi connectivity index (χ1v) is 28.3. The fourth-order valence-electron chi connectivity index (χ4n) is 13.1. The molecule has 7 aromatic rings. The number of nitriles is 4. The van der Waals surface area contributed by atoms with E-state index in [4.69, 9.17) is 28.4 Å². The molecule has 0 saturated heterocycles. The highest BCUT2D eigenvalue weighted by atomic mass is 16.5. The lowest BCUT2D eigenvalue weighted by Gasteiger charge is -2.65. The van der Waals surface area contributed by atoms with E-state index in [1.165, 1.54) is 0 Å². The second kappa shape index (κ2) is 22.2. The Labute approximate surface area is 472 Å². The maximum Gasteiger partial charge on any atom is 0.192 e. The Morgan fingerprint density at radius 3 is 0.988 bits per heavy atom. The van der Waals surface area contributed by atoms with Crippen LogP contribution in [0.5, 0.6) is 11.5 Å². The number of benzene rings is 7. The van der Waals surface area contributed by atoms with E-state index in [0.717, 1.165) is 91.7 Å². The molecule has 1 aliphatic heterocycles. The van der Waals surface area contributed by atoms with Crippen LogP contribution in [0.3, 0.4) is 0 Å². The van der Waals surface area contributed by atoms with Crippen LogP contribution in [0.25, 0.3) is 21.5 Å². The lowest BCUT2D eigenvalue weighted by Crippen LogP contribution is -2.73. The summed E-state index contributed by atoms with van der Waals surface area (Å²) in [5, 5.41) is 52.1. The van der Waals surface area contributed by atoms with E-state index in [1.807, 2.05) is 48.5 Å². The molecule has 0 fully saturated rings. The first kappa shape index (κ1) is 55.8. The summed E-state index contributed by atoms with van der Waals surface area (Å²) in [6, 6.07) is 50.5. The number of ether oxygens (including phenoxy) is 6. The van der Waals surface area contributed by atoms with E-state index in [2.05, 4.69) is 152 Å². The van der Waals surface area contributed by atoms with Gasteiger partial charge in [0.2, 0.25) is 0 Å². The summed E-state index contributed by atoms with van der Waals surface area (Å²) in [6.07, 6.45) is 3.51. The first-order valence-electron chi connectivity index (χ1n) is 28.3. The lowest BCUT2D eigenvalue weighted by molar-refractivity contribution is -0.0412. The van der Waals surface area contributed by atoms with E-state index in [9.17, 15) is 21.0 Å². The highest BCUT2D eigenvalue weighted by molar-refractivity contribution is 6.05. The fraction of sp³-hybridized carbons (Fsp3) is 0.400. The maximum absolute atomic E-state index is 11.9. The molecular weight excluding hydrogens is 993 g/mol. The molecule has 80 heavy (non-hydrogen) atoms. The third-order valence-electron chi connectivity index (χ3n) is 17.2. The van der Waals surface area contributed by atoms with Gasteiger partial charge in [-0.25, -0.2) is 0 Å². The van der Waals surface area contributed by atoms with E-state index in [0.29, 0.717) is 60.2 Å². The van der Waals surface area contributed by atoms with Crippen molar-refractivity contribution in [2.24, 2.45) is 10.8 Å². The minimum Gasteiger partial charge on any atom is -0.493 e. The highest BCUT2D eigenvalue weighted by Gasteiger charge is 2.82. The Morgan fingerprint density at radius 1 is 0.425 bits per heavy atom. The standard InChI is InChI=1S/C70H72N4O6/c1-9-11-29-79-63-47-31-51(65(3,4)5)33-49(63)37-77-45-69-59-25-17-19-27-61(59)70(62-28-20-18-26-60(62)69,68(43-73,44-74)67(69,41-71)42-72)46-78-38-50-34-52(66(6,7)8)32-48(64(50)80-30-12-10-2)36-76-40-58-55-23-15-13-21-53(55)57(39-75-35-47)54-22-14-16-24-56(54)58/h13-28,31-34H,9-12,29-30,35-40,45-46H2,1-8H3. The number of rotatable bonds is 8. The predicted molar refractivity (Wildman–Crippen MR) is 311 cm³/mol. The van der Waals surface area contributed by atoms with Crippen LogP contribution in [0.15, 0.2) is 121 Å². The van der Waals surface area contributed by atoms with Crippen LogP contribution in [0, 0.1) is 56.2 Å². The number of nitrogens with zero attached hydrogens (tertiary/aromatic N) is 4. The summed E-state index contributed by atoms with van der Waals surface area (Å²) in [5.74, 6) is 1.32. The second-order valence-corrected chi connectivity index (χ2v) is 24.0. The van der Waals surface area contributed by atoms with Gasteiger partial charge >= 0.3 is 0 Å². The van der Waals surface area contributed by atoms with Crippen LogP contribution in [-0.4, -0.2) is 26.4 Å². The predicted octanol–water partition coefficient (Wildman–Crippen LogP) is 15.1. The molecule has 11 rings (SSSR count). The van der Waals surface area contributed by atoms with Crippen molar-refractivity contribution in [1.82, 2.24) is 0 Å². The Hall–Kier alpha value is -7.54. The summed E-state index contributed by atoms with van der Waals surface area (Å²) in [7, 11) is 0. The second-order valence-electron chi connectivity index (χ2n) is 24.0. The number of hydrogen-bond donors (Lipinski definition) is 0. The van der Waals surface area contributed by atoms with E-state index >= 15 is 0 Å². The molecule has 0 amide bonds. The highest BCUT2D eigenvalue weighted by Crippen LogP contribution is 2.74. The average molecular weight is 1070 g/mol. The van der Waals surface area contributed by atoms with Gasteiger partial charge in [-0.2, -0.15) is 21.0 Å². The summed E-state index contributed by atoms with van der Waals surface area (Å²) >= 11 is 0. The van der Waals surface area contributed by atoms with Gasteiger partial charge in [0.1, 0.15) is 11.5 Å². The molecule has 10 nitrogen and oxygen atoms in total. The number of fused-ring (bicyclic) bond motifs is 8. The molecular formula is C70H72N4O6. The molecule has 0 radical (unpaired) electrons. The summed E-state index contributed by atoms with van der Waals surface area (Å²) in [5.41, 5.74) is 1.63. The van der Waals surface area contributed by atoms with Crippen molar-refractivity contribution in [2.75, 3.05) is 26.4 Å². The molecule has 1 heterocycles. The Balaban J connectivity index is 1.20. The van der Waals surface area contributed by atoms with Crippen molar-refractivity contribution in [1.29, 1.82) is 21.0 Å². The van der Waals surface area contributed by atoms with Gasteiger partial charge in [0.05, 0.1) is 101 Å². The van der Waals surface area contributed by atoms with Gasteiger partial charge in [0.25, 0.3) is 0 Å². The summed E-state index contributed by atoms with van der Waals surface area (Å²) in [6.45, 7) is 18.9. The molecule has 8 bridgehead atoms. The van der Waals surface area contributed by atoms with Crippen molar-refractivity contribution in [2.45, 2.75) is 142 Å². The summed E-state index contributed by atoms with van der Waals surface area (Å²) < 4.78 is 41.6. The SMILES string of the molecule is CCCCOc1c2cc(C(C)(C)C)cc1COCC13c4ccccc4C(COCc4cc(C(C)(C)C)cc(c4OCCCC)COCc4c5ccccc5c(c5ccccc45)COC2)(c2ccccc21)C(C#N)(C#N)C3(C#N)C#N. The minimum absolute atomic E-state index is 0.0227. The molecule has 0 N–H and O–H groups in total. The van der Waals surface area contributed by atoms with Crippen LogP contribution in [0.4, 0.5) is 0 Å².